The molecule has 0 aliphatic heterocycles. The summed E-state index contributed by atoms with van der Waals surface area (Å²) in [7, 11) is 0. The normalized spacial score (nSPS) is 12.0. The van der Waals surface area contributed by atoms with Crippen molar-refractivity contribution in [3.63, 3.8) is 0 Å². The van der Waals surface area contributed by atoms with E-state index in [1.54, 1.807) is 11.8 Å². The topological polar surface area (TPSA) is 29.1 Å². The molecule has 3 heteroatoms. The monoisotopic (exact) mass is 313 g/mol. The van der Waals surface area contributed by atoms with Gasteiger partial charge in [-0.3, -0.25) is 4.79 Å². The number of benzene rings is 2. The SMILES string of the molecule is Cc1ccc(SCC(=O)N[C@H](C)c2cc(C)ccc2C)cc1. The van der Waals surface area contributed by atoms with Crippen LogP contribution in [0.2, 0.25) is 0 Å². The second kappa shape index (κ2) is 7.50. The lowest BCUT2D eigenvalue weighted by Gasteiger charge is -2.17. The summed E-state index contributed by atoms with van der Waals surface area (Å²) in [4.78, 5) is 13.3. The van der Waals surface area contributed by atoms with E-state index >= 15 is 0 Å². The van der Waals surface area contributed by atoms with Crippen molar-refractivity contribution in [1.29, 1.82) is 0 Å². The van der Waals surface area contributed by atoms with Crippen molar-refractivity contribution < 1.29 is 4.79 Å². The number of amides is 1. The molecule has 0 fully saturated rings. The molecule has 0 saturated carbocycles. The second-order valence-corrected chi connectivity index (χ2v) is 6.80. The Kier molecular flexibility index (Phi) is 5.67. The zero-order valence-corrected chi connectivity index (χ0v) is 14.5. The standard InChI is InChI=1S/C19H23NOS/c1-13-6-9-17(10-7-13)22-12-19(21)20-16(4)18-11-14(2)5-8-15(18)3/h5-11,16H,12H2,1-4H3,(H,20,21)/t16-/m1/s1. The fraction of sp³-hybridized carbons (Fsp3) is 0.316. The maximum absolute atomic E-state index is 12.1. The van der Waals surface area contributed by atoms with Crippen molar-refractivity contribution in [2.75, 3.05) is 5.75 Å². The molecule has 0 heterocycles. The van der Waals surface area contributed by atoms with Crippen LogP contribution in [0.3, 0.4) is 0 Å². The van der Waals surface area contributed by atoms with E-state index in [4.69, 9.17) is 0 Å². The summed E-state index contributed by atoms with van der Waals surface area (Å²) < 4.78 is 0. The molecule has 0 radical (unpaired) electrons. The van der Waals surface area contributed by atoms with Crippen molar-refractivity contribution >= 4 is 17.7 Å². The van der Waals surface area contributed by atoms with Crippen molar-refractivity contribution in [2.45, 2.75) is 38.6 Å². The summed E-state index contributed by atoms with van der Waals surface area (Å²) in [6, 6.07) is 14.6. The van der Waals surface area contributed by atoms with Gasteiger partial charge < -0.3 is 5.32 Å². The number of carbonyl (C=O) groups excluding carboxylic acids is 1. The zero-order valence-electron chi connectivity index (χ0n) is 13.6. The largest absolute Gasteiger partial charge is 0.349 e. The molecule has 1 amide bonds. The highest BCUT2D eigenvalue weighted by molar-refractivity contribution is 8.00. The Bertz CT molecular complexity index is 649. The molecule has 1 atom stereocenters. The third-order valence-corrected chi connectivity index (χ3v) is 4.68. The van der Waals surface area contributed by atoms with Gasteiger partial charge in [-0.25, -0.2) is 0 Å². The average Bonchev–Trinajstić information content (AvgIpc) is 2.49. The summed E-state index contributed by atoms with van der Waals surface area (Å²) in [5, 5.41) is 3.09. The van der Waals surface area contributed by atoms with Crippen molar-refractivity contribution in [3.05, 3.63) is 64.7 Å². The van der Waals surface area contributed by atoms with Gasteiger partial charge in [0.25, 0.3) is 0 Å². The third-order valence-electron chi connectivity index (χ3n) is 3.67. The molecule has 0 saturated heterocycles. The molecule has 2 aromatic rings. The average molecular weight is 313 g/mol. The predicted octanol–water partition coefficient (Wildman–Crippen LogP) is 4.58. The van der Waals surface area contributed by atoms with Gasteiger partial charge in [-0.1, -0.05) is 41.5 Å². The quantitative estimate of drug-likeness (QED) is 0.819. The van der Waals surface area contributed by atoms with Gasteiger partial charge in [0.2, 0.25) is 5.91 Å². The zero-order chi connectivity index (χ0) is 16.1. The molecule has 0 bridgehead atoms. The molecule has 0 spiro atoms. The Morgan fingerprint density at radius 2 is 1.68 bits per heavy atom. The molecule has 116 valence electrons. The molecule has 0 aliphatic rings. The van der Waals surface area contributed by atoms with Crippen molar-refractivity contribution in [3.8, 4) is 0 Å². The van der Waals surface area contributed by atoms with Crippen LogP contribution in [0.4, 0.5) is 0 Å². The van der Waals surface area contributed by atoms with Gasteiger partial charge in [0.1, 0.15) is 0 Å². The van der Waals surface area contributed by atoms with E-state index in [1.807, 2.05) is 6.92 Å². The number of aryl methyl sites for hydroxylation is 3. The number of thioether (sulfide) groups is 1. The highest BCUT2D eigenvalue weighted by atomic mass is 32.2. The Hall–Kier alpha value is -1.74. The van der Waals surface area contributed by atoms with E-state index in [0.717, 1.165) is 4.90 Å². The lowest BCUT2D eigenvalue weighted by Crippen LogP contribution is -2.28. The summed E-state index contributed by atoms with van der Waals surface area (Å²) in [6.45, 7) is 8.26. The first-order chi connectivity index (χ1) is 10.5. The minimum absolute atomic E-state index is 0.0333. The lowest BCUT2D eigenvalue weighted by atomic mass is 10.00. The van der Waals surface area contributed by atoms with Crippen LogP contribution >= 0.6 is 11.8 Å². The van der Waals surface area contributed by atoms with E-state index < -0.39 is 0 Å². The van der Waals surface area contributed by atoms with Gasteiger partial charge in [0, 0.05) is 4.90 Å². The first-order valence-electron chi connectivity index (χ1n) is 7.51. The highest BCUT2D eigenvalue weighted by Gasteiger charge is 2.12. The molecular weight excluding hydrogens is 290 g/mol. The fourth-order valence-corrected chi connectivity index (χ4v) is 3.08. The second-order valence-electron chi connectivity index (χ2n) is 5.75. The van der Waals surface area contributed by atoms with E-state index in [1.165, 1.54) is 22.3 Å². The van der Waals surface area contributed by atoms with E-state index in [2.05, 4.69) is 68.6 Å². The van der Waals surface area contributed by atoms with Gasteiger partial charge in [-0.15, -0.1) is 11.8 Å². The Morgan fingerprint density at radius 3 is 2.36 bits per heavy atom. The minimum Gasteiger partial charge on any atom is -0.349 e. The van der Waals surface area contributed by atoms with Crippen LogP contribution in [0, 0.1) is 20.8 Å². The van der Waals surface area contributed by atoms with Crippen LogP contribution in [-0.4, -0.2) is 11.7 Å². The molecule has 0 aromatic heterocycles. The van der Waals surface area contributed by atoms with Gasteiger partial charge in [-0.2, -0.15) is 0 Å². The molecule has 2 rings (SSSR count). The van der Waals surface area contributed by atoms with Gasteiger partial charge >= 0.3 is 0 Å². The van der Waals surface area contributed by atoms with Crippen LogP contribution in [0.25, 0.3) is 0 Å². The smallest absolute Gasteiger partial charge is 0.230 e. The Labute approximate surface area is 137 Å². The molecular formula is C19H23NOS. The summed E-state index contributed by atoms with van der Waals surface area (Å²) in [6.07, 6.45) is 0. The molecule has 0 unspecified atom stereocenters. The van der Waals surface area contributed by atoms with Crippen molar-refractivity contribution in [1.82, 2.24) is 5.32 Å². The summed E-state index contributed by atoms with van der Waals surface area (Å²) in [5.74, 6) is 0.511. The van der Waals surface area contributed by atoms with Gasteiger partial charge in [0.15, 0.2) is 0 Å². The number of carbonyl (C=O) groups is 1. The van der Waals surface area contributed by atoms with E-state index in [9.17, 15) is 4.79 Å². The predicted molar refractivity (Wildman–Crippen MR) is 94.4 cm³/mol. The molecule has 0 aliphatic carbocycles. The maximum Gasteiger partial charge on any atom is 0.230 e. The van der Waals surface area contributed by atoms with Gasteiger partial charge in [-0.05, 0) is 51.0 Å². The van der Waals surface area contributed by atoms with Crippen molar-refractivity contribution in [2.24, 2.45) is 0 Å². The highest BCUT2D eigenvalue weighted by Crippen LogP contribution is 2.21. The van der Waals surface area contributed by atoms with Crippen LogP contribution in [0.5, 0.6) is 0 Å². The molecule has 2 aromatic carbocycles. The third kappa shape index (κ3) is 4.63. The van der Waals surface area contributed by atoms with Crippen LogP contribution in [0.1, 0.15) is 35.2 Å². The number of nitrogens with one attached hydrogen (secondary N) is 1. The minimum atomic E-state index is 0.0333. The summed E-state index contributed by atoms with van der Waals surface area (Å²) >= 11 is 1.57. The Balaban J connectivity index is 1.91. The summed E-state index contributed by atoms with van der Waals surface area (Å²) in [5.41, 5.74) is 4.85. The Morgan fingerprint density at radius 1 is 1.05 bits per heavy atom. The van der Waals surface area contributed by atoms with E-state index in [0.29, 0.717) is 5.75 Å². The first-order valence-corrected chi connectivity index (χ1v) is 8.50. The van der Waals surface area contributed by atoms with Crippen LogP contribution in [-0.2, 0) is 4.79 Å². The molecule has 1 N–H and O–H groups in total. The molecule has 22 heavy (non-hydrogen) atoms. The van der Waals surface area contributed by atoms with Crippen LogP contribution < -0.4 is 5.32 Å². The molecule has 2 nitrogen and oxygen atoms in total. The van der Waals surface area contributed by atoms with Crippen LogP contribution in [0.15, 0.2) is 47.4 Å². The lowest BCUT2D eigenvalue weighted by molar-refractivity contribution is -0.119. The van der Waals surface area contributed by atoms with E-state index in [-0.39, 0.29) is 11.9 Å². The number of rotatable bonds is 5. The first kappa shape index (κ1) is 16.6. The maximum atomic E-state index is 12.1. The fourth-order valence-electron chi connectivity index (χ4n) is 2.37. The van der Waals surface area contributed by atoms with Gasteiger partial charge in [0.05, 0.1) is 11.8 Å². The number of hydrogen-bond acceptors (Lipinski definition) is 2. The number of hydrogen-bond donors (Lipinski definition) is 1.